The molecule has 0 saturated heterocycles. The van der Waals surface area contributed by atoms with Crippen molar-refractivity contribution in [3.8, 4) is 0 Å². The third-order valence-corrected chi connectivity index (χ3v) is 3.88. The largest absolute Gasteiger partial charge is 0.328 e. The van der Waals surface area contributed by atoms with Gasteiger partial charge >= 0.3 is 0 Å². The van der Waals surface area contributed by atoms with E-state index < -0.39 is 0 Å². The van der Waals surface area contributed by atoms with Crippen LogP contribution in [0.15, 0.2) is 0 Å². The Bertz CT molecular complexity index is 170. The Morgan fingerprint density at radius 1 is 0.526 bits per heavy atom. The van der Waals surface area contributed by atoms with Crippen LogP contribution in [0.25, 0.3) is 0 Å². The zero-order chi connectivity index (χ0) is 14.7. The van der Waals surface area contributed by atoms with Gasteiger partial charge in [-0.05, 0) is 50.4 Å². The molecule has 2 atom stereocenters. The standard InChI is InChI=1S/C17H38N2/c1-14(2)10-12-16(18)8-6-5-7-9-17(19)13-11-15(3)4/h14-17H,5-13,18-19H2,1-4H3. The minimum Gasteiger partial charge on any atom is -0.328 e. The third-order valence-electron chi connectivity index (χ3n) is 3.88. The lowest BCUT2D eigenvalue weighted by Gasteiger charge is -2.14. The van der Waals surface area contributed by atoms with Gasteiger partial charge in [0.1, 0.15) is 0 Å². The predicted octanol–water partition coefficient (Wildman–Crippen LogP) is 4.46. The summed E-state index contributed by atoms with van der Waals surface area (Å²) in [7, 11) is 0. The molecule has 0 bridgehead atoms. The summed E-state index contributed by atoms with van der Waals surface area (Å²) in [6.45, 7) is 9.08. The van der Waals surface area contributed by atoms with E-state index in [4.69, 9.17) is 11.5 Å². The van der Waals surface area contributed by atoms with Crippen LogP contribution in [0.4, 0.5) is 0 Å². The molecule has 0 amide bonds. The molecule has 0 heterocycles. The van der Waals surface area contributed by atoms with Crippen LogP contribution in [0, 0.1) is 11.8 Å². The minimum atomic E-state index is 0.414. The summed E-state index contributed by atoms with van der Waals surface area (Å²) in [5.74, 6) is 1.56. The van der Waals surface area contributed by atoms with E-state index in [1.165, 1.54) is 57.8 Å². The molecule has 0 radical (unpaired) electrons. The Balaban J connectivity index is 3.34. The van der Waals surface area contributed by atoms with Crippen LogP contribution in [0.5, 0.6) is 0 Å². The fourth-order valence-electron chi connectivity index (χ4n) is 2.37. The lowest BCUT2D eigenvalue weighted by molar-refractivity contribution is 0.440. The van der Waals surface area contributed by atoms with Crippen molar-refractivity contribution in [2.24, 2.45) is 23.3 Å². The van der Waals surface area contributed by atoms with Crippen molar-refractivity contribution in [2.45, 2.75) is 97.6 Å². The highest BCUT2D eigenvalue weighted by Crippen LogP contribution is 2.14. The van der Waals surface area contributed by atoms with Crippen molar-refractivity contribution in [1.29, 1.82) is 0 Å². The van der Waals surface area contributed by atoms with E-state index in [0.29, 0.717) is 12.1 Å². The van der Waals surface area contributed by atoms with Gasteiger partial charge in [-0.1, -0.05) is 47.0 Å². The zero-order valence-corrected chi connectivity index (χ0v) is 13.8. The van der Waals surface area contributed by atoms with E-state index in [0.717, 1.165) is 11.8 Å². The second-order valence-corrected chi connectivity index (χ2v) is 7.10. The molecule has 0 aromatic heterocycles. The highest BCUT2D eigenvalue weighted by molar-refractivity contribution is 4.65. The summed E-state index contributed by atoms with van der Waals surface area (Å²) in [4.78, 5) is 0. The lowest BCUT2D eigenvalue weighted by Crippen LogP contribution is -2.21. The maximum Gasteiger partial charge on any atom is 0.00389 e. The van der Waals surface area contributed by atoms with Gasteiger partial charge < -0.3 is 11.5 Å². The van der Waals surface area contributed by atoms with E-state index in [-0.39, 0.29) is 0 Å². The molecule has 0 fully saturated rings. The maximum absolute atomic E-state index is 6.12. The molecule has 0 aromatic rings. The zero-order valence-electron chi connectivity index (χ0n) is 13.8. The lowest BCUT2D eigenvalue weighted by atomic mass is 9.97. The molecule has 0 spiro atoms. The highest BCUT2D eigenvalue weighted by Gasteiger charge is 2.06. The molecule has 0 aliphatic rings. The number of unbranched alkanes of at least 4 members (excludes halogenated alkanes) is 2. The third kappa shape index (κ3) is 14.1. The molecular formula is C17H38N2. The molecular weight excluding hydrogens is 232 g/mol. The topological polar surface area (TPSA) is 52.0 Å². The summed E-state index contributed by atoms with van der Waals surface area (Å²) in [5, 5.41) is 0. The van der Waals surface area contributed by atoms with Crippen LogP contribution in [0.2, 0.25) is 0 Å². The predicted molar refractivity (Wildman–Crippen MR) is 87.2 cm³/mol. The van der Waals surface area contributed by atoms with Crippen molar-refractivity contribution >= 4 is 0 Å². The second-order valence-electron chi connectivity index (χ2n) is 7.10. The van der Waals surface area contributed by atoms with E-state index in [1.54, 1.807) is 0 Å². The van der Waals surface area contributed by atoms with Crippen LogP contribution in [0.3, 0.4) is 0 Å². The molecule has 2 unspecified atom stereocenters. The van der Waals surface area contributed by atoms with Crippen molar-refractivity contribution in [3.63, 3.8) is 0 Å². The summed E-state index contributed by atoms with van der Waals surface area (Å²) >= 11 is 0. The van der Waals surface area contributed by atoms with Gasteiger partial charge in [-0.2, -0.15) is 0 Å². The molecule has 0 aliphatic carbocycles. The SMILES string of the molecule is CC(C)CCC(N)CCCCCC(N)CCC(C)C. The molecule has 4 N–H and O–H groups in total. The molecule has 116 valence electrons. The Kier molecular flexibility index (Phi) is 11.7. The van der Waals surface area contributed by atoms with E-state index in [9.17, 15) is 0 Å². The van der Waals surface area contributed by atoms with Crippen LogP contribution >= 0.6 is 0 Å². The molecule has 2 nitrogen and oxygen atoms in total. The monoisotopic (exact) mass is 270 g/mol. The van der Waals surface area contributed by atoms with Gasteiger partial charge in [-0.25, -0.2) is 0 Å². The highest BCUT2D eigenvalue weighted by atomic mass is 14.6. The fraction of sp³-hybridized carbons (Fsp3) is 1.00. The second kappa shape index (κ2) is 11.7. The first-order valence-electron chi connectivity index (χ1n) is 8.43. The maximum atomic E-state index is 6.12. The first-order valence-corrected chi connectivity index (χ1v) is 8.43. The molecule has 0 rings (SSSR count). The Morgan fingerprint density at radius 2 is 0.895 bits per heavy atom. The molecule has 19 heavy (non-hydrogen) atoms. The quantitative estimate of drug-likeness (QED) is 0.514. The summed E-state index contributed by atoms with van der Waals surface area (Å²) in [6.07, 6.45) is 11.1. The molecule has 0 aromatic carbocycles. The van der Waals surface area contributed by atoms with E-state index in [1.807, 2.05) is 0 Å². The summed E-state index contributed by atoms with van der Waals surface area (Å²) in [6, 6.07) is 0.828. The Labute approximate surface area is 121 Å². The van der Waals surface area contributed by atoms with Gasteiger partial charge in [0.05, 0.1) is 0 Å². The minimum absolute atomic E-state index is 0.414. The first kappa shape index (κ1) is 18.9. The van der Waals surface area contributed by atoms with Crippen LogP contribution in [-0.2, 0) is 0 Å². The van der Waals surface area contributed by atoms with Gasteiger partial charge in [0.15, 0.2) is 0 Å². The van der Waals surface area contributed by atoms with Crippen molar-refractivity contribution in [3.05, 3.63) is 0 Å². The van der Waals surface area contributed by atoms with Crippen molar-refractivity contribution in [1.82, 2.24) is 0 Å². The normalized spacial score (nSPS) is 15.2. The van der Waals surface area contributed by atoms with Gasteiger partial charge in [0.2, 0.25) is 0 Å². The van der Waals surface area contributed by atoms with Gasteiger partial charge in [0, 0.05) is 12.1 Å². The fourth-order valence-corrected chi connectivity index (χ4v) is 2.37. The first-order chi connectivity index (χ1) is 8.91. The Morgan fingerprint density at radius 3 is 1.21 bits per heavy atom. The van der Waals surface area contributed by atoms with E-state index in [2.05, 4.69) is 27.7 Å². The van der Waals surface area contributed by atoms with Gasteiger partial charge in [-0.3, -0.25) is 0 Å². The summed E-state index contributed by atoms with van der Waals surface area (Å²) < 4.78 is 0. The van der Waals surface area contributed by atoms with E-state index >= 15 is 0 Å². The molecule has 2 heteroatoms. The molecule has 0 saturated carbocycles. The molecule has 0 aliphatic heterocycles. The number of hydrogen-bond donors (Lipinski definition) is 2. The van der Waals surface area contributed by atoms with Gasteiger partial charge in [0.25, 0.3) is 0 Å². The van der Waals surface area contributed by atoms with Crippen molar-refractivity contribution in [2.75, 3.05) is 0 Å². The number of rotatable bonds is 12. The van der Waals surface area contributed by atoms with Crippen LogP contribution in [-0.4, -0.2) is 12.1 Å². The smallest absolute Gasteiger partial charge is 0.00389 e. The number of hydrogen-bond acceptors (Lipinski definition) is 2. The number of nitrogens with two attached hydrogens (primary N) is 2. The van der Waals surface area contributed by atoms with Crippen LogP contribution in [0.1, 0.15) is 85.5 Å². The average Bonchev–Trinajstić information content (AvgIpc) is 2.33. The van der Waals surface area contributed by atoms with Crippen LogP contribution < -0.4 is 11.5 Å². The summed E-state index contributed by atoms with van der Waals surface area (Å²) in [5.41, 5.74) is 12.2. The van der Waals surface area contributed by atoms with Crippen molar-refractivity contribution < 1.29 is 0 Å². The average molecular weight is 271 g/mol. The Hall–Kier alpha value is -0.0800. The van der Waals surface area contributed by atoms with Gasteiger partial charge in [-0.15, -0.1) is 0 Å².